The third kappa shape index (κ3) is 1.38. The summed E-state index contributed by atoms with van der Waals surface area (Å²) in [7, 11) is 0. The summed E-state index contributed by atoms with van der Waals surface area (Å²) in [5, 5.41) is 8.88. The van der Waals surface area contributed by atoms with Gasteiger partial charge in [0, 0.05) is 11.6 Å². The molecule has 0 fully saturated rings. The molecule has 0 aliphatic carbocycles. The third-order valence-corrected chi connectivity index (χ3v) is 2.21. The number of nitrogens with two attached hydrogens (primary N) is 1. The van der Waals surface area contributed by atoms with Gasteiger partial charge in [-0.05, 0) is 18.5 Å². The molecule has 0 radical (unpaired) electrons. The second-order valence-electron chi connectivity index (χ2n) is 2.78. The molecule has 2 aromatic heterocycles. The normalized spacial score (nSPS) is 10.9. The summed E-state index contributed by atoms with van der Waals surface area (Å²) >= 11 is 5.90. The SMILES string of the molecule is NCCc1c[nH]c2cnnc(Cl)c12. The standard InChI is InChI=1S/C8H9ClN4/c9-8-7-5(1-2-10)3-11-6(7)4-12-13-8/h3-4,11H,1-2,10H2. The van der Waals surface area contributed by atoms with Crippen molar-refractivity contribution in [3.8, 4) is 0 Å². The number of hydrogen-bond donors (Lipinski definition) is 2. The van der Waals surface area contributed by atoms with E-state index in [0.717, 1.165) is 22.9 Å². The Balaban J connectivity index is 2.64. The van der Waals surface area contributed by atoms with Crippen molar-refractivity contribution < 1.29 is 0 Å². The van der Waals surface area contributed by atoms with Gasteiger partial charge in [0.1, 0.15) is 0 Å². The maximum absolute atomic E-state index is 5.90. The lowest BCUT2D eigenvalue weighted by Gasteiger charge is -1.96. The van der Waals surface area contributed by atoms with Gasteiger partial charge in [0.15, 0.2) is 5.15 Å². The molecule has 2 heterocycles. The Hall–Kier alpha value is -1.13. The number of nitrogens with one attached hydrogen (secondary N) is 1. The summed E-state index contributed by atoms with van der Waals surface area (Å²) in [5.41, 5.74) is 7.47. The first-order valence-electron chi connectivity index (χ1n) is 4.00. The molecule has 0 spiro atoms. The Morgan fingerprint density at radius 2 is 2.38 bits per heavy atom. The van der Waals surface area contributed by atoms with Crippen molar-refractivity contribution in [2.45, 2.75) is 6.42 Å². The van der Waals surface area contributed by atoms with E-state index in [-0.39, 0.29) is 0 Å². The van der Waals surface area contributed by atoms with Crippen LogP contribution in [0.5, 0.6) is 0 Å². The Morgan fingerprint density at radius 1 is 1.54 bits per heavy atom. The van der Waals surface area contributed by atoms with Crippen LogP contribution < -0.4 is 5.73 Å². The third-order valence-electron chi connectivity index (χ3n) is 1.94. The molecular formula is C8H9ClN4. The van der Waals surface area contributed by atoms with Crippen LogP contribution in [0.1, 0.15) is 5.56 Å². The largest absolute Gasteiger partial charge is 0.359 e. The Labute approximate surface area is 80.1 Å². The Morgan fingerprint density at radius 3 is 3.15 bits per heavy atom. The van der Waals surface area contributed by atoms with Gasteiger partial charge in [0.2, 0.25) is 0 Å². The smallest absolute Gasteiger partial charge is 0.161 e. The second kappa shape index (κ2) is 3.32. The van der Waals surface area contributed by atoms with Crippen molar-refractivity contribution >= 4 is 22.5 Å². The van der Waals surface area contributed by atoms with Crippen LogP contribution in [0.4, 0.5) is 0 Å². The van der Waals surface area contributed by atoms with Crippen molar-refractivity contribution in [3.05, 3.63) is 23.1 Å². The van der Waals surface area contributed by atoms with Crippen LogP contribution in [0.15, 0.2) is 12.4 Å². The lowest BCUT2D eigenvalue weighted by molar-refractivity contribution is 0.974. The highest BCUT2D eigenvalue weighted by Gasteiger charge is 2.07. The van der Waals surface area contributed by atoms with Crippen molar-refractivity contribution in [3.63, 3.8) is 0 Å². The molecule has 0 aliphatic rings. The zero-order valence-corrected chi connectivity index (χ0v) is 7.67. The zero-order chi connectivity index (χ0) is 9.26. The van der Waals surface area contributed by atoms with E-state index < -0.39 is 0 Å². The predicted octanol–water partition coefficient (Wildman–Crippen LogP) is 1.11. The number of hydrogen-bond acceptors (Lipinski definition) is 3. The molecule has 13 heavy (non-hydrogen) atoms. The molecule has 0 atom stereocenters. The van der Waals surface area contributed by atoms with E-state index in [2.05, 4.69) is 15.2 Å². The Kier molecular flexibility index (Phi) is 2.16. The molecule has 4 nitrogen and oxygen atoms in total. The molecule has 3 N–H and O–H groups in total. The van der Waals surface area contributed by atoms with Crippen LogP contribution in [0.2, 0.25) is 5.15 Å². The molecule has 0 aromatic carbocycles. The summed E-state index contributed by atoms with van der Waals surface area (Å²) < 4.78 is 0. The molecule has 0 amide bonds. The number of H-pyrrole nitrogens is 1. The fraction of sp³-hybridized carbons (Fsp3) is 0.250. The van der Waals surface area contributed by atoms with Crippen LogP contribution in [0.3, 0.4) is 0 Å². The van der Waals surface area contributed by atoms with Gasteiger partial charge in [-0.3, -0.25) is 0 Å². The molecule has 0 saturated heterocycles. The lowest BCUT2D eigenvalue weighted by Crippen LogP contribution is -2.02. The summed E-state index contributed by atoms with van der Waals surface area (Å²) in [4.78, 5) is 3.07. The lowest BCUT2D eigenvalue weighted by atomic mass is 10.2. The van der Waals surface area contributed by atoms with Gasteiger partial charge in [0.25, 0.3) is 0 Å². The van der Waals surface area contributed by atoms with Crippen LogP contribution in [-0.2, 0) is 6.42 Å². The molecule has 0 saturated carbocycles. The van der Waals surface area contributed by atoms with Crippen molar-refractivity contribution in [2.24, 2.45) is 5.73 Å². The molecule has 0 aliphatic heterocycles. The van der Waals surface area contributed by atoms with Gasteiger partial charge in [-0.1, -0.05) is 11.6 Å². The maximum atomic E-state index is 5.90. The highest BCUT2D eigenvalue weighted by atomic mass is 35.5. The first-order chi connectivity index (χ1) is 6.33. The van der Waals surface area contributed by atoms with Crippen LogP contribution >= 0.6 is 11.6 Å². The quantitative estimate of drug-likeness (QED) is 0.756. The van der Waals surface area contributed by atoms with Crippen molar-refractivity contribution in [2.75, 3.05) is 6.54 Å². The topological polar surface area (TPSA) is 67.6 Å². The molecule has 0 unspecified atom stereocenters. The number of halogens is 1. The van der Waals surface area contributed by atoms with Gasteiger partial charge < -0.3 is 10.7 Å². The number of rotatable bonds is 2. The molecule has 0 bridgehead atoms. The first-order valence-corrected chi connectivity index (χ1v) is 4.38. The molecule has 5 heteroatoms. The summed E-state index contributed by atoms with van der Waals surface area (Å²) in [6.45, 7) is 0.603. The Bertz CT molecular complexity index is 423. The highest BCUT2D eigenvalue weighted by molar-refractivity contribution is 6.34. The van der Waals surface area contributed by atoms with E-state index in [0.29, 0.717) is 11.7 Å². The molecule has 2 rings (SSSR count). The summed E-state index contributed by atoms with van der Waals surface area (Å²) in [6.07, 6.45) is 4.35. The molecule has 2 aromatic rings. The van der Waals surface area contributed by atoms with E-state index >= 15 is 0 Å². The van der Waals surface area contributed by atoms with Crippen LogP contribution in [-0.4, -0.2) is 21.7 Å². The summed E-state index contributed by atoms with van der Waals surface area (Å²) in [5.74, 6) is 0. The van der Waals surface area contributed by atoms with Crippen molar-refractivity contribution in [1.29, 1.82) is 0 Å². The minimum absolute atomic E-state index is 0.433. The maximum Gasteiger partial charge on any atom is 0.161 e. The highest BCUT2D eigenvalue weighted by Crippen LogP contribution is 2.23. The van der Waals surface area contributed by atoms with Gasteiger partial charge in [-0.15, -0.1) is 5.10 Å². The average Bonchev–Trinajstić information content (AvgIpc) is 2.51. The van der Waals surface area contributed by atoms with Gasteiger partial charge in [-0.2, -0.15) is 5.10 Å². The first kappa shape index (κ1) is 8.47. The number of aromatic nitrogens is 3. The summed E-state index contributed by atoms with van der Waals surface area (Å²) in [6, 6.07) is 0. The molecule has 68 valence electrons. The van der Waals surface area contributed by atoms with E-state index in [1.807, 2.05) is 6.20 Å². The fourth-order valence-corrected chi connectivity index (χ4v) is 1.63. The fourth-order valence-electron chi connectivity index (χ4n) is 1.37. The monoisotopic (exact) mass is 196 g/mol. The van der Waals surface area contributed by atoms with E-state index in [1.54, 1.807) is 6.20 Å². The van der Waals surface area contributed by atoms with Crippen molar-refractivity contribution in [1.82, 2.24) is 15.2 Å². The van der Waals surface area contributed by atoms with Crippen LogP contribution in [0.25, 0.3) is 10.9 Å². The van der Waals surface area contributed by atoms with E-state index in [9.17, 15) is 0 Å². The number of aromatic amines is 1. The van der Waals surface area contributed by atoms with Gasteiger partial charge in [-0.25, -0.2) is 0 Å². The number of fused-ring (bicyclic) bond motifs is 1. The molecular weight excluding hydrogens is 188 g/mol. The average molecular weight is 197 g/mol. The minimum Gasteiger partial charge on any atom is -0.359 e. The number of nitrogens with zero attached hydrogens (tertiary/aromatic N) is 2. The zero-order valence-electron chi connectivity index (χ0n) is 6.92. The second-order valence-corrected chi connectivity index (χ2v) is 3.13. The van der Waals surface area contributed by atoms with Crippen LogP contribution in [0, 0.1) is 0 Å². The minimum atomic E-state index is 0.433. The van der Waals surface area contributed by atoms with Gasteiger partial charge in [0.05, 0.1) is 11.7 Å². The van der Waals surface area contributed by atoms with Gasteiger partial charge >= 0.3 is 0 Å². The van der Waals surface area contributed by atoms with E-state index in [4.69, 9.17) is 17.3 Å². The predicted molar refractivity (Wildman–Crippen MR) is 51.7 cm³/mol. The van der Waals surface area contributed by atoms with E-state index in [1.165, 1.54) is 0 Å².